The molecule has 2 heterocycles. The van der Waals surface area contributed by atoms with Crippen LogP contribution in [0.15, 0.2) is 12.7 Å². The van der Waals surface area contributed by atoms with Crippen molar-refractivity contribution in [3.8, 4) is 0 Å². The Balaban J connectivity index is 2.05. The molecule has 2 aliphatic rings. The first-order valence-electron chi connectivity index (χ1n) is 4.94. The molecular weight excluding hydrogens is 218 g/mol. The highest BCUT2D eigenvalue weighted by Gasteiger charge is 2.56. The van der Waals surface area contributed by atoms with E-state index < -0.39 is 29.0 Å². The van der Waals surface area contributed by atoms with E-state index in [2.05, 4.69) is 11.4 Å². The van der Waals surface area contributed by atoms with Gasteiger partial charge in [-0.2, -0.15) is 0 Å². The third kappa shape index (κ3) is 1.77. The van der Waals surface area contributed by atoms with E-state index in [4.69, 9.17) is 9.47 Å². The minimum atomic E-state index is -1.15. The van der Waals surface area contributed by atoms with Crippen molar-refractivity contribution in [3.63, 3.8) is 0 Å². The molecule has 0 radical (unpaired) electrons. The Bertz CT molecular complexity index is 308. The normalized spacial score (nSPS) is 41.7. The molecule has 16 heavy (non-hydrogen) atoms. The Hall–Kier alpha value is -1.18. The zero-order chi connectivity index (χ0) is 11.8. The lowest BCUT2D eigenvalue weighted by molar-refractivity contribution is -0.769. The maximum atomic E-state index is 10.2. The van der Waals surface area contributed by atoms with Crippen molar-refractivity contribution in [1.29, 1.82) is 0 Å². The van der Waals surface area contributed by atoms with Crippen LogP contribution in [0, 0.1) is 10.1 Å². The van der Waals surface area contributed by atoms with E-state index in [1.54, 1.807) is 6.08 Å². The van der Waals surface area contributed by atoms with Gasteiger partial charge >= 0.3 is 0 Å². The summed E-state index contributed by atoms with van der Waals surface area (Å²) in [6.45, 7) is 3.67. The van der Waals surface area contributed by atoms with Crippen LogP contribution in [0.4, 0.5) is 0 Å². The molecule has 2 saturated heterocycles. The first kappa shape index (κ1) is 11.3. The zero-order valence-electron chi connectivity index (χ0n) is 8.57. The average molecular weight is 231 g/mol. The van der Waals surface area contributed by atoms with Crippen LogP contribution in [0.2, 0.25) is 0 Å². The molecule has 2 fully saturated rings. The van der Waals surface area contributed by atoms with Crippen molar-refractivity contribution in [2.24, 2.45) is 0 Å². The largest absolute Gasteiger partial charge is 0.384 e. The number of hydrogen-bond acceptors (Lipinski definition) is 6. The molecule has 0 aromatic heterocycles. The van der Waals surface area contributed by atoms with Crippen LogP contribution in [0.3, 0.4) is 0 Å². The fraction of sp³-hybridized carbons (Fsp3) is 0.778. The summed E-state index contributed by atoms with van der Waals surface area (Å²) >= 11 is 0. The van der Waals surface area contributed by atoms with Crippen LogP contribution in [0.5, 0.6) is 0 Å². The Morgan fingerprint density at radius 2 is 2.44 bits per heavy atom. The topological polar surface area (TPSA) is 91.1 Å². The summed E-state index contributed by atoms with van der Waals surface area (Å²) in [5, 5.41) is 19.5. The summed E-state index contributed by atoms with van der Waals surface area (Å²) in [5.41, 5.74) is -1.15. The predicted octanol–water partition coefficient (Wildman–Crippen LogP) is -0.332. The van der Waals surface area contributed by atoms with Crippen LogP contribution in [0.1, 0.15) is 6.42 Å². The van der Waals surface area contributed by atoms with Gasteiger partial charge < -0.3 is 19.4 Å². The van der Waals surface area contributed by atoms with Crippen LogP contribution < -0.4 is 0 Å². The molecule has 1 N–H and O–H groups in total. The highest BCUT2D eigenvalue weighted by molar-refractivity contribution is 5.06. The average Bonchev–Trinajstić information content (AvgIpc) is 2.71. The van der Waals surface area contributed by atoms with Gasteiger partial charge in [-0.3, -0.25) is 0 Å². The van der Waals surface area contributed by atoms with Gasteiger partial charge in [0.2, 0.25) is 0 Å². The molecule has 2 rings (SSSR count). The molecule has 7 heteroatoms. The van der Waals surface area contributed by atoms with Gasteiger partial charge in [-0.25, -0.2) is 0 Å². The molecule has 0 aliphatic carbocycles. The van der Waals surface area contributed by atoms with Crippen LogP contribution in [-0.4, -0.2) is 47.3 Å². The van der Waals surface area contributed by atoms with Gasteiger partial charge in [-0.15, -0.1) is 16.7 Å². The second kappa shape index (κ2) is 4.00. The van der Waals surface area contributed by atoms with E-state index in [1.807, 2.05) is 0 Å². The monoisotopic (exact) mass is 231 g/mol. The highest BCUT2D eigenvalue weighted by atomic mass is 17.0. The molecule has 90 valence electrons. The lowest BCUT2D eigenvalue weighted by Crippen LogP contribution is -2.43. The molecule has 7 nitrogen and oxygen atoms in total. The van der Waals surface area contributed by atoms with Gasteiger partial charge in [0.15, 0.2) is 6.10 Å². The summed E-state index contributed by atoms with van der Waals surface area (Å²) < 4.78 is 10.6. The Kier molecular flexibility index (Phi) is 2.83. The molecule has 0 unspecified atom stereocenters. The van der Waals surface area contributed by atoms with E-state index in [0.717, 1.165) is 0 Å². The molecule has 0 saturated carbocycles. The minimum absolute atomic E-state index is 0.0514. The van der Waals surface area contributed by atoms with Gasteiger partial charge in [0.1, 0.15) is 17.8 Å². The first-order chi connectivity index (χ1) is 7.57. The molecular formula is C9H13NO6. The number of hydrogen-bond donors (Lipinski definition) is 1. The summed E-state index contributed by atoms with van der Waals surface area (Å²) in [5.74, 6) is 0. The lowest BCUT2D eigenvalue weighted by atomic mass is 9.93. The SMILES string of the molecule is C=CC[C@@]1(O)CO[C@@H]2[C@@H](O[N+](=O)[O-])CO[C@@H]21. The minimum Gasteiger partial charge on any atom is -0.384 e. The smallest absolute Gasteiger partial charge is 0.294 e. The first-order valence-corrected chi connectivity index (χ1v) is 4.94. The second-order valence-electron chi connectivity index (χ2n) is 3.99. The molecule has 4 atom stereocenters. The summed E-state index contributed by atoms with van der Waals surface area (Å²) in [7, 11) is 0. The summed E-state index contributed by atoms with van der Waals surface area (Å²) in [6.07, 6.45) is -0.0551. The maximum Gasteiger partial charge on any atom is 0.294 e. The Morgan fingerprint density at radius 3 is 3.06 bits per heavy atom. The van der Waals surface area contributed by atoms with Gasteiger partial charge in [0, 0.05) is 0 Å². The summed E-state index contributed by atoms with van der Waals surface area (Å²) in [4.78, 5) is 14.7. The van der Waals surface area contributed by atoms with Crippen molar-refractivity contribution in [1.82, 2.24) is 0 Å². The molecule has 0 aromatic rings. The molecule has 0 aromatic carbocycles. The van der Waals surface area contributed by atoms with Gasteiger partial charge in [-0.1, -0.05) is 6.08 Å². The second-order valence-corrected chi connectivity index (χ2v) is 3.99. The standard InChI is InChI=1S/C9H13NO6/c1-2-3-9(11)5-15-7-6(16-10(12)13)4-14-8(7)9/h2,6-8,11H,1,3-5H2/t6-,7+,8-,9+/m0/s1. The zero-order valence-corrected chi connectivity index (χ0v) is 8.57. The van der Waals surface area contributed by atoms with E-state index in [0.29, 0.717) is 6.42 Å². The summed E-state index contributed by atoms with van der Waals surface area (Å²) in [6, 6.07) is 0. The van der Waals surface area contributed by atoms with Crippen molar-refractivity contribution in [3.05, 3.63) is 22.8 Å². The quantitative estimate of drug-likeness (QED) is 0.404. The maximum absolute atomic E-state index is 10.2. The highest BCUT2D eigenvalue weighted by Crippen LogP contribution is 2.37. The van der Waals surface area contributed by atoms with Crippen molar-refractivity contribution < 1.29 is 24.5 Å². The number of fused-ring (bicyclic) bond motifs is 1. The van der Waals surface area contributed by atoms with Crippen LogP contribution in [-0.2, 0) is 14.3 Å². The number of ether oxygens (including phenoxy) is 2. The van der Waals surface area contributed by atoms with Crippen LogP contribution >= 0.6 is 0 Å². The molecule has 0 spiro atoms. The van der Waals surface area contributed by atoms with Crippen molar-refractivity contribution >= 4 is 0 Å². The third-order valence-electron chi connectivity index (χ3n) is 2.88. The third-order valence-corrected chi connectivity index (χ3v) is 2.88. The number of aliphatic hydroxyl groups is 1. The van der Waals surface area contributed by atoms with Crippen LogP contribution in [0.25, 0.3) is 0 Å². The molecule has 0 bridgehead atoms. The fourth-order valence-corrected chi connectivity index (χ4v) is 2.19. The molecule has 2 aliphatic heterocycles. The van der Waals surface area contributed by atoms with Gasteiger partial charge in [0.05, 0.1) is 13.2 Å². The predicted molar refractivity (Wildman–Crippen MR) is 51.1 cm³/mol. The van der Waals surface area contributed by atoms with Gasteiger partial charge in [0.25, 0.3) is 5.09 Å². The molecule has 0 amide bonds. The van der Waals surface area contributed by atoms with Gasteiger partial charge in [-0.05, 0) is 6.42 Å². The van der Waals surface area contributed by atoms with E-state index in [1.165, 1.54) is 0 Å². The van der Waals surface area contributed by atoms with E-state index >= 15 is 0 Å². The number of rotatable bonds is 4. The van der Waals surface area contributed by atoms with E-state index in [-0.39, 0.29) is 13.2 Å². The number of nitrogens with zero attached hydrogens (tertiary/aromatic N) is 1. The Labute approximate surface area is 91.7 Å². The Morgan fingerprint density at radius 1 is 1.69 bits per heavy atom. The fourth-order valence-electron chi connectivity index (χ4n) is 2.19. The lowest BCUT2D eigenvalue weighted by Gasteiger charge is -2.24. The van der Waals surface area contributed by atoms with E-state index in [9.17, 15) is 15.2 Å². The van der Waals surface area contributed by atoms with Crippen molar-refractivity contribution in [2.45, 2.75) is 30.3 Å². The van der Waals surface area contributed by atoms with Crippen molar-refractivity contribution in [2.75, 3.05) is 13.2 Å².